The second-order valence-corrected chi connectivity index (χ2v) is 14.7. The van der Waals surface area contributed by atoms with Gasteiger partial charge in [-0.05, 0) is 65.7 Å². The first-order valence-electron chi connectivity index (χ1n) is 19.2. The zero-order chi connectivity index (χ0) is 37.9. The molecule has 0 spiro atoms. The van der Waals surface area contributed by atoms with Gasteiger partial charge in [0.2, 0.25) is 0 Å². The normalized spacial score (nSPS) is 12.1. The predicted molar refractivity (Wildman–Crippen MR) is 232 cm³/mol. The van der Waals surface area contributed by atoms with Crippen molar-refractivity contribution in [2.24, 2.45) is 0 Å². The maximum Gasteiger partial charge on any atom is 0.159 e. The molecule has 0 aliphatic carbocycles. The predicted octanol–water partition coefficient (Wildman–Crippen LogP) is 12.6. The zero-order valence-corrected chi connectivity index (χ0v) is 30.7. The van der Waals surface area contributed by atoms with Crippen LogP contribution in [0.15, 0.2) is 180 Å². The third-order valence-electron chi connectivity index (χ3n) is 11.7. The molecule has 13 rings (SSSR count). The number of benzene rings is 5. The van der Waals surface area contributed by atoms with E-state index in [1.54, 1.807) is 6.20 Å². The minimum absolute atomic E-state index is 0.784. The molecule has 0 amide bonds. The van der Waals surface area contributed by atoms with E-state index in [1.807, 2.05) is 49.4 Å². The van der Waals surface area contributed by atoms with Crippen molar-refractivity contribution in [2.45, 2.75) is 0 Å². The van der Waals surface area contributed by atoms with E-state index < -0.39 is 0 Å². The number of hydrogen-bond acceptors (Lipinski definition) is 6. The van der Waals surface area contributed by atoms with Crippen molar-refractivity contribution in [3.05, 3.63) is 171 Å². The van der Waals surface area contributed by atoms with Gasteiger partial charge in [0.15, 0.2) is 5.58 Å². The van der Waals surface area contributed by atoms with Crippen molar-refractivity contribution in [3.8, 4) is 33.6 Å². The quantitative estimate of drug-likeness (QED) is 0.178. The highest BCUT2D eigenvalue weighted by Gasteiger charge is 2.22. The average Bonchev–Trinajstić information content (AvgIpc) is 4.04. The SMILES string of the molecule is c1cc(-c2cc(-n3c4cnccc4c4ccncc43)cc3c2oc2ccncc23)cc(-c2cccc3c2oc2c(-n4c5ccccc5c5ccncc54)cccc23)c1. The van der Waals surface area contributed by atoms with Gasteiger partial charge >= 0.3 is 0 Å². The van der Waals surface area contributed by atoms with Crippen LogP contribution in [0.2, 0.25) is 0 Å². The Kier molecular flexibility index (Phi) is 6.29. The lowest BCUT2D eigenvalue weighted by Gasteiger charge is -2.12. The number of hydrogen-bond donors (Lipinski definition) is 0. The Balaban J connectivity index is 1.03. The number of aromatic nitrogens is 6. The highest BCUT2D eigenvalue weighted by Crippen LogP contribution is 2.44. The van der Waals surface area contributed by atoms with E-state index >= 15 is 0 Å². The first-order chi connectivity index (χ1) is 28.8. The topological polar surface area (TPSA) is 87.7 Å². The summed E-state index contributed by atoms with van der Waals surface area (Å²) in [6.45, 7) is 0. The molecular formula is C50H28N6O2. The Labute approximate surface area is 328 Å². The number of furan rings is 2. The second kappa shape index (κ2) is 11.7. The van der Waals surface area contributed by atoms with Crippen LogP contribution in [-0.2, 0) is 0 Å². The Morgan fingerprint density at radius 1 is 0.362 bits per heavy atom. The lowest BCUT2D eigenvalue weighted by atomic mass is 9.96. The smallest absolute Gasteiger partial charge is 0.159 e. The van der Waals surface area contributed by atoms with Crippen molar-refractivity contribution in [3.63, 3.8) is 0 Å². The van der Waals surface area contributed by atoms with E-state index in [-0.39, 0.29) is 0 Å². The molecule has 0 fully saturated rings. The molecule has 0 saturated carbocycles. The summed E-state index contributed by atoms with van der Waals surface area (Å²) in [5.41, 5.74) is 13.4. The van der Waals surface area contributed by atoms with E-state index in [4.69, 9.17) is 8.83 Å². The van der Waals surface area contributed by atoms with Crippen LogP contribution >= 0.6 is 0 Å². The van der Waals surface area contributed by atoms with Crippen LogP contribution in [0.25, 0.3) is 121 Å². The van der Waals surface area contributed by atoms with Crippen LogP contribution in [0, 0.1) is 0 Å². The van der Waals surface area contributed by atoms with Crippen LogP contribution in [0.5, 0.6) is 0 Å². The van der Waals surface area contributed by atoms with Crippen LogP contribution in [0.4, 0.5) is 0 Å². The van der Waals surface area contributed by atoms with Crippen LogP contribution < -0.4 is 0 Å². The number of pyridine rings is 4. The maximum atomic E-state index is 7.01. The fourth-order valence-electron chi connectivity index (χ4n) is 9.18. The molecule has 0 atom stereocenters. The van der Waals surface area contributed by atoms with Gasteiger partial charge in [-0.15, -0.1) is 0 Å². The minimum Gasteiger partial charge on any atom is -0.455 e. The molecule has 58 heavy (non-hydrogen) atoms. The van der Waals surface area contributed by atoms with E-state index in [9.17, 15) is 0 Å². The zero-order valence-electron chi connectivity index (χ0n) is 30.7. The van der Waals surface area contributed by atoms with Gasteiger partial charge in [-0.3, -0.25) is 19.9 Å². The first kappa shape index (κ1) is 31.1. The average molecular weight is 745 g/mol. The molecule has 5 aromatic carbocycles. The Morgan fingerprint density at radius 2 is 0.948 bits per heavy atom. The Bertz CT molecular complexity index is 3720. The van der Waals surface area contributed by atoms with Gasteiger partial charge in [-0.1, -0.05) is 66.7 Å². The molecule has 0 saturated heterocycles. The highest BCUT2D eigenvalue weighted by atomic mass is 16.3. The van der Waals surface area contributed by atoms with E-state index in [1.165, 1.54) is 5.39 Å². The molecular weight excluding hydrogens is 717 g/mol. The minimum atomic E-state index is 0.784. The number of rotatable bonds is 4. The number of nitrogens with zero attached hydrogens (tertiary/aromatic N) is 6. The summed E-state index contributed by atoms with van der Waals surface area (Å²) in [5.74, 6) is 0. The molecule has 13 aromatic rings. The summed E-state index contributed by atoms with van der Waals surface area (Å²) < 4.78 is 18.2. The van der Waals surface area contributed by atoms with Crippen LogP contribution in [0.3, 0.4) is 0 Å². The summed E-state index contributed by atoms with van der Waals surface area (Å²) in [5, 5.41) is 8.62. The van der Waals surface area contributed by atoms with Gasteiger partial charge in [0.1, 0.15) is 16.7 Å². The summed E-state index contributed by atoms with van der Waals surface area (Å²) in [6, 6.07) is 42.5. The van der Waals surface area contributed by atoms with Gasteiger partial charge in [0.05, 0.1) is 46.3 Å². The molecule has 0 bridgehead atoms. The molecule has 8 heteroatoms. The van der Waals surface area contributed by atoms with Gasteiger partial charge in [0.25, 0.3) is 0 Å². The van der Waals surface area contributed by atoms with Gasteiger partial charge in [0, 0.05) is 90.9 Å². The second-order valence-electron chi connectivity index (χ2n) is 14.7. The Morgan fingerprint density at radius 3 is 1.72 bits per heavy atom. The number of fused-ring (bicyclic) bond motifs is 12. The van der Waals surface area contributed by atoms with Crippen molar-refractivity contribution in [1.82, 2.24) is 29.1 Å². The fraction of sp³-hybridized carbons (Fsp3) is 0. The molecule has 0 aliphatic heterocycles. The molecule has 0 N–H and O–H groups in total. The molecule has 0 radical (unpaired) electrons. The lowest BCUT2D eigenvalue weighted by Crippen LogP contribution is -1.96. The summed E-state index contributed by atoms with van der Waals surface area (Å²) in [7, 11) is 0. The van der Waals surface area contributed by atoms with Gasteiger partial charge in [-0.25, -0.2) is 0 Å². The molecule has 0 unspecified atom stereocenters. The van der Waals surface area contributed by atoms with E-state index in [0.717, 1.165) is 116 Å². The van der Waals surface area contributed by atoms with E-state index in [0.29, 0.717) is 0 Å². The van der Waals surface area contributed by atoms with Crippen LogP contribution in [0.1, 0.15) is 0 Å². The van der Waals surface area contributed by atoms with Crippen molar-refractivity contribution >= 4 is 87.5 Å². The molecule has 0 aliphatic rings. The molecule has 270 valence electrons. The molecule has 8 heterocycles. The van der Waals surface area contributed by atoms with Crippen molar-refractivity contribution < 1.29 is 8.83 Å². The molecule has 8 nitrogen and oxygen atoms in total. The highest BCUT2D eigenvalue weighted by molar-refractivity contribution is 6.15. The van der Waals surface area contributed by atoms with Crippen molar-refractivity contribution in [1.29, 1.82) is 0 Å². The lowest BCUT2D eigenvalue weighted by molar-refractivity contribution is 0.667. The third kappa shape index (κ3) is 4.28. The largest absolute Gasteiger partial charge is 0.455 e. The summed E-state index contributed by atoms with van der Waals surface area (Å²) >= 11 is 0. The number of para-hydroxylation sites is 3. The van der Waals surface area contributed by atoms with Crippen LogP contribution in [-0.4, -0.2) is 29.1 Å². The monoisotopic (exact) mass is 744 g/mol. The van der Waals surface area contributed by atoms with E-state index in [2.05, 4.69) is 144 Å². The summed E-state index contributed by atoms with van der Waals surface area (Å²) in [6.07, 6.45) is 15.0. The van der Waals surface area contributed by atoms with Gasteiger partial charge in [-0.2, -0.15) is 0 Å². The fourth-order valence-corrected chi connectivity index (χ4v) is 9.18. The summed E-state index contributed by atoms with van der Waals surface area (Å²) in [4.78, 5) is 18.0. The van der Waals surface area contributed by atoms with Crippen molar-refractivity contribution in [2.75, 3.05) is 0 Å². The van der Waals surface area contributed by atoms with Gasteiger partial charge < -0.3 is 18.0 Å². The third-order valence-corrected chi connectivity index (χ3v) is 11.7. The standard InChI is InChI=1S/C50H28N6O2/c1-2-12-42-33(8-1)34-14-18-54-28-46(34)56(42)43-13-5-11-38-37-10-4-9-32(48(37)58-50(38)43)29-6-3-7-30(22-29)39-23-31(24-40-41-25-51-21-17-47(41)57-49(39)40)55-44-26-52-19-15-35(44)36-16-20-53-27-45(36)55/h1-28H. The molecule has 8 aromatic heterocycles. The Hall–Kier alpha value is -8.10. The maximum absolute atomic E-state index is 7.01. The first-order valence-corrected chi connectivity index (χ1v) is 19.2.